The van der Waals surface area contributed by atoms with E-state index in [9.17, 15) is 0 Å². The minimum atomic E-state index is 0.920. The van der Waals surface area contributed by atoms with Crippen LogP contribution in [0.1, 0.15) is 12.5 Å². The topological polar surface area (TPSA) is 34.0 Å². The van der Waals surface area contributed by atoms with E-state index in [4.69, 9.17) is 0 Å². The molecule has 0 radical (unpaired) electrons. The van der Waals surface area contributed by atoms with Crippen molar-refractivity contribution in [3.05, 3.63) is 59.9 Å². The van der Waals surface area contributed by atoms with Gasteiger partial charge in [-0.25, -0.2) is 9.97 Å². The second-order valence-corrected chi connectivity index (χ2v) is 7.07. The molecule has 5 heteroatoms. The molecule has 0 saturated heterocycles. The number of fused-ring (bicyclic) bond motifs is 1. The minimum absolute atomic E-state index is 0.920. The van der Waals surface area contributed by atoms with E-state index in [2.05, 4.69) is 70.6 Å². The fraction of sp³-hybridized carbons (Fsp3) is 0.200. The molecule has 0 atom stereocenters. The second-order valence-electron chi connectivity index (χ2n) is 6.12. The van der Waals surface area contributed by atoms with Gasteiger partial charge >= 0.3 is 0 Å². The van der Waals surface area contributed by atoms with Crippen LogP contribution in [0.5, 0.6) is 0 Å². The Hall–Kier alpha value is -2.66. The lowest BCUT2D eigenvalue weighted by Crippen LogP contribution is -2.13. The van der Waals surface area contributed by atoms with E-state index in [1.165, 1.54) is 21.7 Å². The predicted molar refractivity (Wildman–Crippen MR) is 106 cm³/mol. The van der Waals surface area contributed by atoms with Crippen LogP contribution in [-0.4, -0.2) is 21.6 Å². The van der Waals surface area contributed by atoms with Gasteiger partial charge in [0.2, 0.25) is 0 Å². The van der Waals surface area contributed by atoms with Crippen LogP contribution in [0.3, 0.4) is 0 Å². The lowest BCUT2D eigenvalue weighted by molar-refractivity contribution is 0.946. The first-order chi connectivity index (χ1) is 12.2. The van der Waals surface area contributed by atoms with E-state index in [1.54, 1.807) is 11.3 Å². The standard InChI is InChI=1S/C20H20N4S/c1-4-14-10-15(19-6-5-9-25-19)7-8-17(14)24(3)20-11-18-16(12-21-20)22-13-23(18)2/h5-13H,4H2,1-3H3. The van der Waals surface area contributed by atoms with Crippen LogP contribution in [0.15, 0.2) is 54.3 Å². The summed E-state index contributed by atoms with van der Waals surface area (Å²) in [6.07, 6.45) is 4.64. The number of nitrogens with zero attached hydrogens (tertiary/aromatic N) is 4. The highest BCUT2D eigenvalue weighted by molar-refractivity contribution is 7.13. The van der Waals surface area contributed by atoms with Gasteiger partial charge in [0.15, 0.2) is 0 Å². The van der Waals surface area contributed by atoms with Crippen LogP contribution in [0.25, 0.3) is 21.5 Å². The fourth-order valence-corrected chi connectivity index (χ4v) is 3.84. The first-order valence-electron chi connectivity index (χ1n) is 8.35. The monoisotopic (exact) mass is 348 g/mol. The maximum absolute atomic E-state index is 4.60. The number of hydrogen-bond donors (Lipinski definition) is 0. The first-order valence-corrected chi connectivity index (χ1v) is 9.23. The zero-order valence-electron chi connectivity index (χ0n) is 14.6. The summed E-state index contributed by atoms with van der Waals surface area (Å²) in [6, 6.07) is 13.0. The Morgan fingerprint density at radius 2 is 2.04 bits per heavy atom. The zero-order valence-corrected chi connectivity index (χ0v) is 15.4. The van der Waals surface area contributed by atoms with Crippen LogP contribution in [0.4, 0.5) is 11.5 Å². The normalized spacial score (nSPS) is 11.2. The van der Waals surface area contributed by atoms with Crippen molar-refractivity contribution in [1.82, 2.24) is 14.5 Å². The molecule has 0 unspecified atom stereocenters. The number of aromatic nitrogens is 3. The Bertz CT molecular complexity index is 1020. The molecule has 4 nitrogen and oxygen atoms in total. The molecule has 0 fully saturated rings. The number of aryl methyl sites for hydroxylation is 2. The van der Waals surface area contributed by atoms with E-state index >= 15 is 0 Å². The third-order valence-electron chi connectivity index (χ3n) is 4.57. The van der Waals surface area contributed by atoms with Crippen LogP contribution in [0, 0.1) is 0 Å². The van der Waals surface area contributed by atoms with E-state index in [0.29, 0.717) is 0 Å². The van der Waals surface area contributed by atoms with Gasteiger partial charge in [-0.1, -0.05) is 19.1 Å². The number of anilines is 2. The number of benzene rings is 1. The van der Waals surface area contributed by atoms with Crippen molar-refractivity contribution in [3.63, 3.8) is 0 Å². The average molecular weight is 348 g/mol. The number of imidazole rings is 1. The molecule has 0 aliphatic carbocycles. The number of thiophene rings is 1. The van der Waals surface area contributed by atoms with Gasteiger partial charge in [-0.2, -0.15) is 0 Å². The maximum Gasteiger partial charge on any atom is 0.134 e. The first kappa shape index (κ1) is 15.8. The molecule has 126 valence electrons. The van der Waals surface area contributed by atoms with Crippen molar-refractivity contribution >= 4 is 33.9 Å². The van der Waals surface area contributed by atoms with Crippen molar-refractivity contribution in [2.24, 2.45) is 7.05 Å². The Labute approximate surface area is 151 Å². The largest absolute Gasteiger partial charge is 0.334 e. The number of hydrogen-bond acceptors (Lipinski definition) is 4. The molecular formula is C20H20N4S. The maximum atomic E-state index is 4.60. The molecule has 3 heterocycles. The Morgan fingerprint density at radius 3 is 2.80 bits per heavy atom. The van der Waals surface area contributed by atoms with Crippen molar-refractivity contribution in [2.45, 2.75) is 13.3 Å². The zero-order chi connectivity index (χ0) is 17.4. The molecule has 0 saturated carbocycles. The van der Waals surface area contributed by atoms with Gasteiger partial charge in [0, 0.05) is 30.7 Å². The van der Waals surface area contributed by atoms with Gasteiger partial charge in [-0.05, 0) is 41.1 Å². The summed E-state index contributed by atoms with van der Waals surface area (Å²) < 4.78 is 2.02. The van der Waals surface area contributed by atoms with E-state index in [-0.39, 0.29) is 0 Å². The van der Waals surface area contributed by atoms with Gasteiger partial charge in [-0.15, -0.1) is 11.3 Å². The predicted octanol–water partition coefficient (Wildman–Crippen LogP) is 5.03. The lowest BCUT2D eigenvalue weighted by atomic mass is 10.0. The van der Waals surface area contributed by atoms with Gasteiger partial charge < -0.3 is 9.47 Å². The number of pyridine rings is 1. The molecule has 4 aromatic rings. The fourth-order valence-electron chi connectivity index (χ4n) is 3.12. The van der Waals surface area contributed by atoms with Crippen molar-refractivity contribution in [2.75, 3.05) is 11.9 Å². The Kier molecular flexibility index (Phi) is 4.01. The highest BCUT2D eigenvalue weighted by atomic mass is 32.1. The van der Waals surface area contributed by atoms with E-state index in [0.717, 1.165) is 23.3 Å². The van der Waals surface area contributed by atoms with Gasteiger partial charge in [0.1, 0.15) is 11.3 Å². The molecule has 0 N–H and O–H groups in total. The smallest absolute Gasteiger partial charge is 0.134 e. The third-order valence-corrected chi connectivity index (χ3v) is 5.49. The van der Waals surface area contributed by atoms with Crippen molar-refractivity contribution in [1.29, 1.82) is 0 Å². The molecule has 0 spiro atoms. The third kappa shape index (κ3) is 2.81. The molecule has 0 amide bonds. The van der Waals surface area contributed by atoms with Gasteiger partial charge in [0.25, 0.3) is 0 Å². The SMILES string of the molecule is CCc1cc(-c2cccs2)ccc1N(C)c1cc2c(cn1)ncn2C. The highest BCUT2D eigenvalue weighted by Crippen LogP contribution is 2.33. The van der Waals surface area contributed by atoms with Crippen molar-refractivity contribution in [3.8, 4) is 10.4 Å². The van der Waals surface area contributed by atoms with Crippen LogP contribution in [-0.2, 0) is 13.5 Å². The summed E-state index contributed by atoms with van der Waals surface area (Å²) in [4.78, 5) is 12.4. The molecule has 4 rings (SSSR count). The summed E-state index contributed by atoms with van der Waals surface area (Å²) in [5.74, 6) is 0.926. The second kappa shape index (κ2) is 6.33. The Morgan fingerprint density at radius 1 is 1.16 bits per heavy atom. The van der Waals surface area contributed by atoms with Crippen LogP contribution >= 0.6 is 11.3 Å². The Balaban J connectivity index is 1.75. The molecule has 25 heavy (non-hydrogen) atoms. The summed E-state index contributed by atoms with van der Waals surface area (Å²) in [5, 5.41) is 2.12. The minimum Gasteiger partial charge on any atom is -0.334 e. The molecular weight excluding hydrogens is 328 g/mol. The quantitative estimate of drug-likeness (QED) is 0.519. The average Bonchev–Trinajstić information content (AvgIpc) is 3.31. The summed E-state index contributed by atoms with van der Waals surface area (Å²) in [6.45, 7) is 2.20. The number of rotatable bonds is 4. The van der Waals surface area contributed by atoms with E-state index in [1.807, 2.05) is 24.1 Å². The molecule has 0 aliphatic heterocycles. The molecule has 1 aromatic carbocycles. The summed E-state index contributed by atoms with van der Waals surface area (Å²) >= 11 is 1.77. The summed E-state index contributed by atoms with van der Waals surface area (Å²) in [7, 11) is 4.08. The van der Waals surface area contributed by atoms with Crippen molar-refractivity contribution < 1.29 is 0 Å². The molecule has 3 aromatic heterocycles. The highest BCUT2D eigenvalue weighted by Gasteiger charge is 2.13. The van der Waals surface area contributed by atoms with Gasteiger partial charge in [0.05, 0.1) is 18.0 Å². The summed E-state index contributed by atoms with van der Waals surface area (Å²) in [5.41, 5.74) is 5.80. The van der Waals surface area contributed by atoms with Gasteiger partial charge in [-0.3, -0.25) is 0 Å². The van der Waals surface area contributed by atoms with Crippen LogP contribution < -0.4 is 4.90 Å². The lowest BCUT2D eigenvalue weighted by Gasteiger charge is -2.22. The molecule has 0 bridgehead atoms. The molecule has 0 aliphatic rings. The van der Waals surface area contributed by atoms with E-state index < -0.39 is 0 Å². The van der Waals surface area contributed by atoms with Crippen LogP contribution in [0.2, 0.25) is 0 Å².